The Balaban J connectivity index is -0.000000116. The molecule has 0 aliphatic carbocycles. The topological polar surface area (TPSA) is 169 Å². The fraction of sp³-hybridized carbons (Fsp3) is 1.00. The summed E-state index contributed by atoms with van der Waals surface area (Å²) in [6.45, 7) is 9.68. The first-order chi connectivity index (χ1) is 9.74. The second kappa shape index (κ2) is 15.2. The Morgan fingerprint density at radius 2 is 1.13 bits per heavy atom. The molecular formula is C11H32N2O8S2. The van der Waals surface area contributed by atoms with Gasteiger partial charge in [-0.2, -0.15) is 0 Å². The van der Waals surface area contributed by atoms with E-state index >= 15 is 0 Å². The molecule has 0 atom stereocenters. The van der Waals surface area contributed by atoms with E-state index in [1.807, 2.05) is 0 Å². The minimum atomic E-state index is -4.42. The smallest absolute Gasteiger partial charge is 0.217 e. The van der Waals surface area contributed by atoms with E-state index in [4.69, 9.17) is 0 Å². The van der Waals surface area contributed by atoms with Crippen molar-refractivity contribution in [2.45, 2.75) is 34.1 Å². The standard InChI is InChI=1S/C7H18N.2C2H6O4S.H3N/c1-5-7-8(3,4)6-2;2*1-2-6-7(3,4)5;/h5-7H2,1-4H3;2*2H2,1H3,(H,3,4,5);1H3/q+1;;;/p-1. The zero-order valence-electron chi connectivity index (χ0n) is 15.1. The van der Waals surface area contributed by atoms with Crippen molar-refractivity contribution in [1.82, 2.24) is 6.15 Å². The van der Waals surface area contributed by atoms with Gasteiger partial charge in [-0.25, -0.2) is 16.8 Å². The van der Waals surface area contributed by atoms with Crippen molar-refractivity contribution >= 4 is 20.8 Å². The van der Waals surface area contributed by atoms with Crippen LogP contribution in [0.15, 0.2) is 0 Å². The van der Waals surface area contributed by atoms with E-state index in [1.165, 1.54) is 33.4 Å². The Bertz CT molecular complexity index is 415. The molecule has 0 fully saturated rings. The SMILES string of the molecule is CCC[N+](C)(C)CC.CCOS(=O)(=O)[O-].CCOS(=O)(=O)[O-].[NH4+]. The van der Waals surface area contributed by atoms with Gasteiger partial charge in [0.2, 0.25) is 20.8 Å². The summed E-state index contributed by atoms with van der Waals surface area (Å²) in [5.74, 6) is 0. The second-order valence-corrected chi connectivity index (χ2v) is 6.71. The molecule has 0 saturated heterocycles. The molecule has 0 unspecified atom stereocenters. The van der Waals surface area contributed by atoms with Crippen molar-refractivity contribution < 1.29 is 38.8 Å². The van der Waals surface area contributed by atoms with E-state index in [0.717, 1.165) is 4.48 Å². The zero-order valence-corrected chi connectivity index (χ0v) is 16.7. The van der Waals surface area contributed by atoms with Crippen LogP contribution >= 0.6 is 0 Å². The van der Waals surface area contributed by atoms with E-state index < -0.39 is 20.8 Å². The van der Waals surface area contributed by atoms with Crippen LogP contribution in [-0.2, 0) is 29.2 Å². The summed E-state index contributed by atoms with van der Waals surface area (Å²) in [6, 6.07) is 0. The van der Waals surface area contributed by atoms with Gasteiger partial charge in [-0.15, -0.1) is 0 Å². The van der Waals surface area contributed by atoms with Crippen molar-refractivity contribution in [3.63, 3.8) is 0 Å². The molecule has 10 nitrogen and oxygen atoms in total. The largest absolute Gasteiger partial charge is 0.726 e. The minimum Gasteiger partial charge on any atom is -0.726 e. The van der Waals surface area contributed by atoms with Crippen molar-refractivity contribution in [3.05, 3.63) is 0 Å². The van der Waals surface area contributed by atoms with E-state index in [1.54, 1.807) is 0 Å². The van der Waals surface area contributed by atoms with Gasteiger partial charge < -0.3 is 19.7 Å². The van der Waals surface area contributed by atoms with Gasteiger partial charge in [0.15, 0.2) is 0 Å². The highest BCUT2D eigenvalue weighted by molar-refractivity contribution is 7.81. The lowest BCUT2D eigenvalue weighted by molar-refractivity contribution is -0.888. The van der Waals surface area contributed by atoms with E-state index in [0.29, 0.717) is 0 Å². The quantitative estimate of drug-likeness (QED) is 0.382. The van der Waals surface area contributed by atoms with Crippen LogP contribution in [0.5, 0.6) is 0 Å². The van der Waals surface area contributed by atoms with Gasteiger partial charge in [-0.3, -0.25) is 8.37 Å². The van der Waals surface area contributed by atoms with Crippen LogP contribution in [0.4, 0.5) is 0 Å². The predicted molar refractivity (Wildman–Crippen MR) is 86.4 cm³/mol. The molecule has 0 saturated carbocycles. The highest BCUT2D eigenvalue weighted by Gasteiger charge is 2.07. The van der Waals surface area contributed by atoms with Crippen LogP contribution in [0.2, 0.25) is 0 Å². The predicted octanol–water partition coefficient (Wildman–Crippen LogP) is 0.835. The van der Waals surface area contributed by atoms with Crippen molar-refractivity contribution in [1.29, 1.82) is 0 Å². The Hall–Kier alpha value is -0.340. The number of hydrogen-bond donors (Lipinski definition) is 1. The maximum absolute atomic E-state index is 9.45. The number of hydrogen-bond acceptors (Lipinski definition) is 8. The number of rotatable bonds is 7. The molecular weight excluding hydrogens is 352 g/mol. The molecule has 0 bridgehead atoms. The Morgan fingerprint density at radius 3 is 1.17 bits per heavy atom. The summed E-state index contributed by atoms with van der Waals surface area (Å²) in [7, 11) is -4.31. The van der Waals surface area contributed by atoms with E-state index in [9.17, 15) is 25.9 Å². The van der Waals surface area contributed by atoms with Crippen LogP contribution in [0.1, 0.15) is 34.1 Å². The third-order valence-corrected chi connectivity index (χ3v) is 3.26. The molecule has 0 heterocycles. The first kappa shape index (κ1) is 30.5. The maximum atomic E-state index is 9.45. The van der Waals surface area contributed by atoms with Gasteiger partial charge in [0.1, 0.15) is 0 Å². The molecule has 0 aromatic heterocycles. The first-order valence-electron chi connectivity index (χ1n) is 6.77. The molecule has 0 aliphatic heterocycles. The fourth-order valence-electron chi connectivity index (χ4n) is 1.05. The van der Waals surface area contributed by atoms with Crippen molar-refractivity contribution in [2.24, 2.45) is 0 Å². The van der Waals surface area contributed by atoms with E-state index in [2.05, 4.69) is 36.3 Å². The fourth-order valence-corrected chi connectivity index (χ4v) is 1.63. The Labute approximate surface area is 140 Å². The molecule has 0 aliphatic rings. The monoisotopic (exact) mass is 384 g/mol. The summed E-state index contributed by atoms with van der Waals surface area (Å²) in [5, 5.41) is 0. The highest BCUT2D eigenvalue weighted by Crippen LogP contribution is 1.96. The minimum absolute atomic E-state index is 0. The lowest BCUT2D eigenvalue weighted by Crippen LogP contribution is -2.39. The van der Waals surface area contributed by atoms with Gasteiger partial charge in [0.05, 0.1) is 40.4 Å². The molecule has 0 aromatic rings. The molecule has 23 heavy (non-hydrogen) atoms. The average Bonchev–Trinajstić information content (AvgIpc) is 2.27. The molecule has 0 aromatic carbocycles. The van der Waals surface area contributed by atoms with Gasteiger partial charge in [-0.05, 0) is 27.2 Å². The van der Waals surface area contributed by atoms with Crippen LogP contribution in [0, 0.1) is 0 Å². The molecule has 0 spiro atoms. The highest BCUT2D eigenvalue weighted by atomic mass is 32.3. The van der Waals surface area contributed by atoms with Crippen molar-refractivity contribution in [2.75, 3.05) is 40.4 Å². The summed E-state index contributed by atoms with van der Waals surface area (Å²) >= 11 is 0. The molecule has 146 valence electrons. The van der Waals surface area contributed by atoms with Gasteiger partial charge in [0.25, 0.3) is 0 Å². The third kappa shape index (κ3) is 39.0. The van der Waals surface area contributed by atoms with Crippen molar-refractivity contribution in [3.8, 4) is 0 Å². The van der Waals surface area contributed by atoms with Crippen LogP contribution < -0.4 is 6.15 Å². The molecule has 0 rings (SSSR count). The number of quaternary nitrogens is 2. The average molecular weight is 385 g/mol. The second-order valence-electron chi connectivity index (χ2n) is 4.61. The molecule has 4 N–H and O–H groups in total. The normalized spacial score (nSPS) is 11.3. The first-order valence-corrected chi connectivity index (χ1v) is 9.43. The molecule has 0 radical (unpaired) electrons. The number of nitrogens with zero attached hydrogens (tertiary/aromatic N) is 1. The van der Waals surface area contributed by atoms with Crippen LogP contribution in [0.3, 0.4) is 0 Å². The van der Waals surface area contributed by atoms with Gasteiger partial charge >= 0.3 is 0 Å². The van der Waals surface area contributed by atoms with Crippen LogP contribution in [-0.4, -0.2) is 70.8 Å². The van der Waals surface area contributed by atoms with Gasteiger partial charge in [0, 0.05) is 0 Å². The summed E-state index contributed by atoms with van der Waals surface area (Å²) in [4.78, 5) is 0. The Morgan fingerprint density at radius 1 is 0.826 bits per heavy atom. The molecule has 12 heteroatoms. The lowest BCUT2D eigenvalue weighted by atomic mass is 10.4. The van der Waals surface area contributed by atoms with Crippen LogP contribution in [0.25, 0.3) is 0 Å². The zero-order chi connectivity index (χ0) is 18.4. The summed E-state index contributed by atoms with van der Waals surface area (Å²) in [5.41, 5.74) is 0. The van der Waals surface area contributed by atoms with E-state index in [-0.39, 0.29) is 19.4 Å². The lowest BCUT2D eigenvalue weighted by Gasteiger charge is -2.27. The summed E-state index contributed by atoms with van der Waals surface area (Å²) in [6.07, 6.45) is 1.29. The van der Waals surface area contributed by atoms with Gasteiger partial charge in [-0.1, -0.05) is 6.92 Å². The molecule has 0 amide bonds. The maximum Gasteiger partial charge on any atom is 0.217 e. The summed E-state index contributed by atoms with van der Waals surface area (Å²) < 4.78 is 65.2. The Kier molecular flexibility index (Phi) is 20.2. The third-order valence-electron chi connectivity index (χ3n) is 2.21.